The lowest BCUT2D eigenvalue weighted by atomic mass is 9.80. The summed E-state index contributed by atoms with van der Waals surface area (Å²) in [5.41, 5.74) is 16.2. The number of thioether (sulfide) groups is 1. The van der Waals surface area contributed by atoms with Crippen molar-refractivity contribution >= 4 is 36.8 Å². The number of hydrogen-bond acceptors (Lipinski definition) is 5. The van der Waals surface area contributed by atoms with Gasteiger partial charge in [0.15, 0.2) is 0 Å². The Morgan fingerprint density at radius 3 is 0.875 bits per heavy atom. The quantitative estimate of drug-likeness (QED) is 0.0855. The lowest BCUT2D eigenvalue weighted by Gasteiger charge is -2.35. The first-order chi connectivity index (χ1) is 23.1. The molecule has 6 rings (SSSR count). The van der Waals surface area contributed by atoms with E-state index in [0.29, 0.717) is 13.1 Å². The highest BCUT2D eigenvalue weighted by molar-refractivity contribution is 8.00. The summed E-state index contributed by atoms with van der Waals surface area (Å²) in [4.78, 5) is 0. The van der Waals surface area contributed by atoms with Gasteiger partial charge >= 0.3 is 0 Å². The first-order valence-corrected chi connectivity index (χ1v) is 17.4. The molecule has 0 fully saturated rings. The fourth-order valence-corrected chi connectivity index (χ4v) is 6.85. The van der Waals surface area contributed by atoms with E-state index in [2.05, 4.69) is 104 Å². The van der Waals surface area contributed by atoms with E-state index in [-0.39, 0.29) is 17.2 Å². The molecular weight excluding hydrogens is 648 g/mol. The molecule has 0 heterocycles. The van der Waals surface area contributed by atoms with Gasteiger partial charge < -0.3 is 16.6 Å². The van der Waals surface area contributed by atoms with Crippen molar-refractivity contribution in [3.05, 3.63) is 215 Å². The van der Waals surface area contributed by atoms with Gasteiger partial charge in [0.05, 0.1) is 4.75 Å². The van der Waals surface area contributed by atoms with Crippen LogP contribution in [0, 0.1) is 0 Å². The molecule has 48 heavy (non-hydrogen) atoms. The minimum absolute atomic E-state index is 0. The van der Waals surface area contributed by atoms with Crippen molar-refractivity contribution in [1.29, 1.82) is 0 Å². The smallest absolute Gasteiger partial charge is 0.140 e. The molecular formula is C42H45ClN2OS2. The minimum Gasteiger partial charge on any atom is -0.376 e. The number of benzene rings is 6. The number of aliphatic hydroxyl groups is 1. The number of hydrogen-bond donors (Lipinski definition) is 4. The highest BCUT2D eigenvalue weighted by Crippen LogP contribution is 2.48. The van der Waals surface area contributed by atoms with Crippen LogP contribution in [0.25, 0.3) is 0 Å². The second-order valence-corrected chi connectivity index (χ2v) is 12.5. The number of halogens is 1. The summed E-state index contributed by atoms with van der Waals surface area (Å²) in [5, 5.41) is 11.4. The molecule has 0 aliphatic rings. The van der Waals surface area contributed by atoms with Crippen LogP contribution < -0.4 is 11.5 Å². The Balaban J connectivity index is 0.000000232. The van der Waals surface area contributed by atoms with Gasteiger partial charge in [-0.05, 0) is 33.4 Å². The fourth-order valence-electron chi connectivity index (χ4n) is 5.52. The van der Waals surface area contributed by atoms with Crippen LogP contribution in [-0.4, -0.2) is 29.7 Å². The molecule has 0 saturated heterocycles. The molecule has 0 aliphatic carbocycles. The summed E-state index contributed by atoms with van der Waals surface area (Å²) < 4.78 is -0.233. The van der Waals surface area contributed by atoms with E-state index in [1.54, 1.807) is 0 Å². The van der Waals surface area contributed by atoms with Crippen LogP contribution >= 0.6 is 36.8 Å². The Labute approximate surface area is 302 Å². The van der Waals surface area contributed by atoms with Gasteiger partial charge in [-0.2, -0.15) is 12.6 Å². The zero-order valence-electron chi connectivity index (χ0n) is 27.0. The highest BCUT2D eigenvalue weighted by Gasteiger charge is 2.36. The molecule has 6 aromatic rings. The van der Waals surface area contributed by atoms with E-state index in [9.17, 15) is 5.11 Å². The van der Waals surface area contributed by atoms with Crippen molar-refractivity contribution in [2.24, 2.45) is 11.5 Å². The predicted molar refractivity (Wildman–Crippen MR) is 212 cm³/mol. The van der Waals surface area contributed by atoms with Crippen LogP contribution in [0.4, 0.5) is 0 Å². The molecule has 0 spiro atoms. The Kier molecular flexibility index (Phi) is 16.5. The third-order valence-electron chi connectivity index (χ3n) is 7.68. The van der Waals surface area contributed by atoms with Crippen molar-refractivity contribution in [1.82, 2.24) is 0 Å². The Morgan fingerprint density at radius 1 is 0.438 bits per heavy atom. The van der Waals surface area contributed by atoms with Gasteiger partial charge in [0.25, 0.3) is 0 Å². The Hall–Kier alpha value is -3.81. The third-order valence-corrected chi connectivity index (χ3v) is 9.52. The van der Waals surface area contributed by atoms with E-state index >= 15 is 0 Å². The summed E-state index contributed by atoms with van der Waals surface area (Å²) in [6.45, 7) is 1.35. The SMILES string of the molecule is Cl.NCCS.NCCSC(c1ccccc1)(c1ccccc1)c1ccccc1.OC(c1ccccc1)(c1ccccc1)c1ccccc1. The summed E-state index contributed by atoms with van der Waals surface area (Å²) in [6.07, 6.45) is 0. The van der Waals surface area contributed by atoms with Gasteiger partial charge in [0.2, 0.25) is 0 Å². The van der Waals surface area contributed by atoms with Crippen molar-refractivity contribution in [3.63, 3.8) is 0 Å². The van der Waals surface area contributed by atoms with Gasteiger partial charge in [0, 0.05) is 24.6 Å². The molecule has 6 heteroatoms. The van der Waals surface area contributed by atoms with Crippen LogP contribution in [0.2, 0.25) is 0 Å². The van der Waals surface area contributed by atoms with Crippen LogP contribution in [-0.2, 0) is 10.3 Å². The maximum Gasteiger partial charge on any atom is 0.140 e. The topological polar surface area (TPSA) is 72.3 Å². The fraction of sp³-hybridized carbons (Fsp3) is 0.143. The highest BCUT2D eigenvalue weighted by atomic mass is 35.5. The van der Waals surface area contributed by atoms with Crippen LogP contribution in [0.15, 0.2) is 182 Å². The second kappa shape index (κ2) is 20.5. The second-order valence-electron chi connectivity index (χ2n) is 10.7. The van der Waals surface area contributed by atoms with Gasteiger partial charge in [-0.1, -0.05) is 182 Å². The number of thiol groups is 1. The first-order valence-electron chi connectivity index (χ1n) is 15.8. The molecule has 0 radical (unpaired) electrons. The van der Waals surface area contributed by atoms with Crippen molar-refractivity contribution in [2.45, 2.75) is 10.3 Å². The van der Waals surface area contributed by atoms with Crippen LogP contribution in [0.5, 0.6) is 0 Å². The molecule has 0 unspecified atom stereocenters. The van der Waals surface area contributed by atoms with Crippen molar-refractivity contribution in [3.8, 4) is 0 Å². The zero-order valence-corrected chi connectivity index (χ0v) is 29.5. The summed E-state index contributed by atoms with van der Waals surface area (Å²) in [6, 6.07) is 61.5. The summed E-state index contributed by atoms with van der Waals surface area (Å²) >= 11 is 5.70. The van der Waals surface area contributed by atoms with E-state index < -0.39 is 5.60 Å². The Morgan fingerprint density at radius 2 is 0.667 bits per heavy atom. The maximum absolute atomic E-state index is 11.4. The lowest BCUT2D eigenvalue weighted by molar-refractivity contribution is 0.125. The zero-order chi connectivity index (χ0) is 33.2. The molecule has 0 saturated carbocycles. The number of nitrogens with two attached hydrogens (primary N) is 2. The van der Waals surface area contributed by atoms with Gasteiger partial charge in [-0.3, -0.25) is 0 Å². The normalized spacial score (nSPS) is 10.8. The number of rotatable bonds is 10. The third kappa shape index (κ3) is 9.64. The monoisotopic (exact) mass is 692 g/mol. The Bertz CT molecular complexity index is 1480. The average molecular weight is 693 g/mol. The summed E-state index contributed by atoms with van der Waals surface area (Å²) in [7, 11) is 0. The van der Waals surface area contributed by atoms with E-state index in [0.717, 1.165) is 28.2 Å². The standard InChI is InChI=1S/C21H21NS.C19H16O.C2H7NS.ClH/c22-16-17-23-21(18-10-4-1-5-11-18,19-12-6-2-7-13-19)20-14-8-3-9-15-20;20-19(16-10-4-1-5-11-16,17-12-6-2-7-13-17)18-14-8-3-9-15-18;3-1-2-4;/h1-15H,16-17,22H2;1-15,20H;4H,1-3H2;1H. The predicted octanol–water partition coefficient (Wildman–Crippen LogP) is 8.94. The molecule has 248 valence electrons. The van der Waals surface area contributed by atoms with Gasteiger partial charge in [0.1, 0.15) is 5.60 Å². The summed E-state index contributed by atoms with van der Waals surface area (Å²) in [5.74, 6) is 1.69. The minimum atomic E-state index is -1.12. The molecule has 0 bridgehead atoms. The van der Waals surface area contributed by atoms with Gasteiger partial charge in [-0.15, -0.1) is 24.2 Å². The van der Waals surface area contributed by atoms with Crippen molar-refractivity contribution < 1.29 is 5.11 Å². The van der Waals surface area contributed by atoms with E-state index in [1.807, 2.05) is 103 Å². The van der Waals surface area contributed by atoms with E-state index in [1.165, 1.54) is 16.7 Å². The van der Waals surface area contributed by atoms with Gasteiger partial charge in [-0.25, -0.2) is 0 Å². The largest absolute Gasteiger partial charge is 0.376 e. The van der Waals surface area contributed by atoms with Crippen LogP contribution in [0.3, 0.4) is 0 Å². The lowest BCUT2D eigenvalue weighted by Crippen LogP contribution is -2.28. The van der Waals surface area contributed by atoms with Crippen molar-refractivity contribution in [2.75, 3.05) is 24.6 Å². The van der Waals surface area contributed by atoms with Crippen LogP contribution in [0.1, 0.15) is 33.4 Å². The molecule has 0 amide bonds. The maximum atomic E-state index is 11.4. The molecule has 6 aromatic carbocycles. The molecule has 0 aliphatic heterocycles. The molecule has 0 aromatic heterocycles. The van der Waals surface area contributed by atoms with E-state index in [4.69, 9.17) is 11.5 Å². The molecule has 5 N–H and O–H groups in total. The average Bonchev–Trinajstić information content (AvgIpc) is 3.17. The first kappa shape index (κ1) is 38.6. The molecule has 3 nitrogen and oxygen atoms in total. The molecule has 0 atom stereocenters.